The molecular formula is C20H30N4O2. The van der Waals surface area contributed by atoms with Crippen LogP contribution in [-0.4, -0.2) is 58.0 Å². The number of piperidine rings is 1. The fourth-order valence-corrected chi connectivity index (χ4v) is 4.59. The van der Waals surface area contributed by atoms with Crippen LogP contribution in [0, 0.1) is 0 Å². The van der Waals surface area contributed by atoms with Gasteiger partial charge in [0.2, 0.25) is 5.91 Å². The first-order valence-corrected chi connectivity index (χ1v) is 10.3. The molecule has 3 aliphatic heterocycles. The van der Waals surface area contributed by atoms with E-state index < -0.39 is 0 Å². The van der Waals surface area contributed by atoms with Crippen molar-refractivity contribution in [1.82, 2.24) is 19.4 Å². The van der Waals surface area contributed by atoms with E-state index in [0.717, 1.165) is 89.2 Å². The van der Waals surface area contributed by atoms with Crippen molar-refractivity contribution in [3.63, 3.8) is 0 Å². The quantitative estimate of drug-likeness (QED) is 0.826. The molecule has 0 spiro atoms. The van der Waals surface area contributed by atoms with E-state index in [9.17, 15) is 9.59 Å². The number of aromatic nitrogens is 2. The molecule has 4 rings (SSSR count). The van der Waals surface area contributed by atoms with Crippen LogP contribution in [-0.2, 0) is 17.8 Å². The van der Waals surface area contributed by atoms with Crippen molar-refractivity contribution in [1.29, 1.82) is 0 Å². The molecule has 4 heterocycles. The number of carbonyl (C=O) groups excluding carboxylic acids is 1. The summed E-state index contributed by atoms with van der Waals surface area (Å²) in [6.45, 7) is 5.07. The molecule has 26 heavy (non-hydrogen) atoms. The molecule has 2 saturated heterocycles. The van der Waals surface area contributed by atoms with Crippen LogP contribution in [0.2, 0.25) is 0 Å². The molecule has 0 radical (unpaired) electrons. The number of fused-ring (bicyclic) bond motifs is 1. The Morgan fingerprint density at radius 1 is 1.00 bits per heavy atom. The van der Waals surface area contributed by atoms with Gasteiger partial charge in [-0.2, -0.15) is 0 Å². The highest BCUT2D eigenvalue weighted by atomic mass is 16.2. The van der Waals surface area contributed by atoms with Crippen LogP contribution in [0.5, 0.6) is 0 Å². The van der Waals surface area contributed by atoms with Crippen LogP contribution in [0.15, 0.2) is 10.9 Å². The second-order valence-corrected chi connectivity index (χ2v) is 8.04. The standard InChI is InChI=1S/C20H30N4O2/c25-19-14-17(21-18-6-2-1-3-11-24(18)19)16-7-12-22(13-8-16)15-20(26)23-9-4-5-10-23/h14,16H,1-13,15H2. The third-order valence-corrected chi connectivity index (χ3v) is 6.21. The Morgan fingerprint density at radius 2 is 1.73 bits per heavy atom. The van der Waals surface area contributed by atoms with Gasteiger partial charge in [-0.05, 0) is 51.6 Å². The van der Waals surface area contributed by atoms with Crippen molar-refractivity contribution in [2.75, 3.05) is 32.7 Å². The van der Waals surface area contributed by atoms with Crippen LogP contribution in [0.3, 0.4) is 0 Å². The average molecular weight is 358 g/mol. The maximum Gasteiger partial charge on any atom is 0.253 e. The summed E-state index contributed by atoms with van der Waals surface area (Å²) < 4.78 is 1.88. The number of nitrogens with zero attached hydrogens (tertiary/aromatic N) is 4. The average Bonchev–Trinajstić information content (AvgIpc) is 3.08. The van der Waals surface area contributed by atoms with Crippen LogP contribution in [0.4, 0.5) is 0 Å². The first kappa shape index (κ1) is 17.7. The molecule has 6 heteroatoms. The van der Waals surface area contributed by atoms with Crippen LogP contribution < -0.4 is 5.56 Å². The van der Waals surface area contributed by atoms with Gasteiger partial charge in [0.15, 0.2) is 0 Å². The lowest BCUT2D eigenvalue weighted by Crippen LogP contribution is -2.42. The zero-order valence-electron chi connectivity index (χ0n) is 15.7. The van der Waals surface area contributed by atoms with E-state index in [1.54, 1.807) is 6.07 Å². The number of hydrogen-bond acceptors (Lipinski definition) is 4. The number of hydrogen-bond donors (Lipinski definition) is 0. The molecule has 1 aromatic heterocycles. The molecule has 2 fully saturated rings. The lowest BCUT2D eigenvalue weighted by Gasteiger charge is -2.32. The van der Waals surface area contributed by atoms with Crippen molar-refractivity contribution in [2.24, 2.45) is 0 Å². The lowest BCUT2D eigenvalue weighted by atomic mass is 9.93. The van der Waals surface area contributed by atoms with Gasteiger partial charge in [0, 0.05) is 38.0 Å². The van der Waals surface area contributed by atoms with Crippen LogP contribution >= 0.6 is 0 Å². The molecule has 0 saturated carbocycles. The molecule has 0 atom stereocenters. The summed E-state index contributed by atoms with van der Waals surface area (Å²) in [5, 5.41) is 0. The topological polar surface area (TPSA) is 58.4 Å². The zero-order chi connectivity index (χ0) is 17.9. The maximum absolute atomic E-state index is 12.5. The predicted octanol–water partition coefficient (Wildman–Crippen LogP) is 1.77. The maximum atomic E-state index is 12.5. The molecule has 0 unspecified atom stereocenters. The minimum absolute atomic E-state index is 0.124. The molecule has 0 bridgehead atoms. The molecule has 142 valence electrons. The Bertz CT molecular complexity index is 700. The molecule has 1 amide bonds. The second-order valence-electron chi connectivity index (χ2n) is 8.04. The Morgan fingerprint density at radius 3 is 2.50 bits per heavy atom. The summed E-state index contributed by atoms with van der Waals surface area (Å²) in [6, 6.07) is 1.77. The van der Waals surface area contributed by atoms with Gasteiger partial charge in [-0.25, -0.2) is 4.98 Å². The number of rotatable bonds is 3. The van der Waals surface area contributed by atoms with Gasteiger partial charge >= 0.3 is 0 Å². The normalized spacial score (nSPS) is 22.2. The Kier molecular flexibility index (Phi) is 5.38. The summed E-state index contributed by atoms with van der Waals surface area (Å²) in [5.41, 5.74) is 1.10. The van der Waals surface area contributed by atoms with Crippen molar-refractivity contribution in [2.45, 2.75) is 63.8 Å². The first-order valence-electron chi connectivity index (χ1n) is 10.3. The minimum Gasteiger partial charge on any atom is -0.342 e. The van der Waals surface area contributed by atoms with E-state index in [-0.39, 0.29) is 11.5 Å². The highest BCUT2D eigenvalue weighted by Crippen LogP contribution is 2.27. The molecule has 6 nitrogen and oxygen atoms in total. The third-order valence-electron chi connectivity index (χ3n) is 6.21. The fraction of sp³-hybridized carbons (Fsp3) is 0.750. The third kappa shape index (κ3) is 3.85. The number of aryl methyl sites for hydroxylation is 1. The van der Waals surface area contributed by atoms with Gasteiger partial charge in [-0.1, -0.05) is 6.42 Å². The van der Waals surface area contributed by atoms with Gasteiger partial charge < -0.3 is 4.90 Å². The molecular weight excluding hydrogens is 328 g/mol. The first-order chi connectivity index (χ1) is 12.7. The van der Waals surface area contributed by atoms with E-state index in [2.05, 4.69) is 4.90 Å². The van der Waals surface area contributed by atoms with E-state index in [4.69, 9.17) is 4.98 Å². The molecule has 0 N–H and O–H groups in total. The Labute approximate surface area is 155 Å². The molecule has 3 aliphatic rings. The summed E-state index contributed by atoms with van der Waals surface area (Å²) in [5.74, 6) is 1.62. The van der Waals surface area contributed by atoms with E-state index in [1.165, 1.54) is 6.42 Å². The highest BCUT2D eigenvalue weighted by Gasteiger charge is 2.26. The summed E-state index contributed by atoms with van der Waals surface area (Å²) in [7, 11) is 0. The molecule has 0 aromatic carbocycles. The second kappa shape index (κ2) is 7.91. The van der Waals surface area contributed by atoms with Crippen molar-refractivity contribution < 1.29 is 4.79 Å². The van der Waals surface area contributed by atoms with E-state index in [0.29, 0.717) is 12.5 Å². The smallest absolute Gasteiger partial charge is 0.253 e. The highest BCUT2D eigenvalue weighted by molar-refractivity contribution is 5.78. The fourth-order valence-electron chi connectivity index (χ4n) is 4.59. The lowest BCUT2D eigenvalue weighted by molar-refractivity contribution is -0.131. The monoisotopic (exact) mass is 358 g/mol. The number of carbonyl (C=O) groups is 1. The van der Waals surface area contributed by atoms with Crippen molar-refractivity contribution in [3.8, 4) is 0 Å². The molecule has 1 aromatic rings. The van der Waals surface area contributed by atoms with Gasteiger partial charge in [0.05, 0.1) is 12.2 Å². The van der Waals surface area contributed by atoms with Gasteiger partial charge in [0.25, 0.3) is 5.56 Å². The predicted molar refractivity (Wildman–Crippen MR) is 100 cm³/mol. The van der Waals surface area contributed by atoms with Crippen molar-refractivity contribution >= 4 is 5.91 Å². The summed E-state index contributed by atoms with van der Waals surface area (Å²) in [6.07, 6.45) is 8.59. The minimum atomic E-state index is 0.124. The summed E-state index contributed by atoms with van der Waals surface area (Å²) >= 11 is 0. The number of likely N-dealkylation sites (tertiary alicyclic amines) is 2. The number of amides is 1. The van der Waals surface area contributed by atoms with Crippen molar-refractivity contribution in [3.05, 3.63) is 27.9 Å². The molecule has 0 aliphatic carbocycles. The Balaban J connectivity index is 1.37. The van der Waals surface area contributed by atoms with E-state index in [1.807, 2.05) is 9.47 Å². The van der Waals surface area contributed by atoms with E-state index >= 15 is 0 Å². The van der Waals surface area contributed by atoms with Crippen LogP contribution in [0.25, 0.3) is 0 Å². The summed E-state index contributed by atoms with van der Waals surface area (Å²) in [4.78, 5) is 34.0. The van der Waals surface area contributed by atoms with Gasteiger partial charge in [-0.15, -0.1) is 0 Å². The largest absolute Gasteiger partial charge is 0.342 e. The SMILES string of the molecule is O=C(CN1CCC(c2cc(=O)n3c(n2)CCCCC3)CC1)N1CCCC1. The van der Waals surface area contributed by atoms with Crippen LogP contribution in [0.1, 0.15) is 62.4 Å². The van der Waals surface area contributed by atoms with Gasteiger partial charge in [0.1, 0.15) is 5.82 Å². The zero-order valence-corrected chi connectivity index (χ0v) is 15.7. The van der Waals surface area contributed by atoms with Gasteiger partial charge in [-0.3, -0.25) is 19.1 Å². The Hall–Kier alpha value is -1.69.